The number of benzene rings is 4. The van der Waals surface area contributed by atoms with Crippen LogP contribution in [0.1, 0.15) is 21.5 Å². The molecule has 1 saturated heterocycles. The molecule has 4 N–H and O–H groups in total. The van der Waals surface area contributed by atoms with E-state index in [1.165, 1.54) is 0 Å². The van der Waals surface area contributed by atoms with Crippen molar-refractivity contribution in [3.8, 4) is 34.2 Å². The number of rotatable bonds is 11. The highest BCUT2D eigenvalue weighted by Crippen LogP contribution is 2.26. The number of aromatic amines is 2. The fraction of sp³-hybridized carbons (Fsp3) is 0.159. The maximum absolute atomic E-state index is 12.2. The molecule has 0 atom stereocenters. The third-order valence-corrected chi connectivity index (χ3v) is 10.2. The number of hydrogen-bond acceptors (Lipinski definition) is 11. The van der Waals surface area contributed by atoms with Crippen molar-refractivity contribution in [1.29, 1.82) is 0 Å². The molecule has 0 bridgehead atoms. The largest absolute Gasteiger partial charge is 0.379 e. The first kappa shape index (κ1) is 38.6. The number of hydrogen-bond donors (Lipinski definition) is 4. The van der Waals surface area contributed by atoms with Crippen LogP contribution in [0.4, 0.5) is 0 Å². The standard InChI is InChI=1S/C22H23N7O2.C22H17N7O/c30-21(15-28-9-11-31-12-10-28)23-13-16-5-7-17(8-6-16)29-14-20(25-27-29)22-18-3-1-2-4-19(18)24-26-22;30-22(16-9-11-23-12-10-16)24-13-15-5-7-17(8-6-15)29-14-20(26-28-29)21-18-3-1-2-4-19(18)25-27-21/h1-8,14H,9-13,15H2,(H,23,30)(H,24,26);1-12,14H,13H2,(H,24,30)(H,25,27). The predicted molar refractivity (Wildman–Crippen MR) is 227 cm³/mol. The SMILES string of the molecule is O=C(CN1CCOCC1)NCc1ccc(-n2cc(-c3n[nH]c4ccccc34)nn2)cc1.O=C(NCc1ccc(-n2cc(-c3n[nH]c4ccccc34)nn2)cc1)c1ccncc1. The van der Waals surface area contributed by atoms with Crippen LogP contribution in [0, 0.1) is 0 Å². The Balaban J connectivity index is 0.000000156. The second-order valence-corrected chi connectivity index (χ2v) is 14.2. The fourth-order valence-corrected chi connectivity index (χ4v) is 6.85. The van der Waals surface area contributed by atoms with Gasteiger partial charge in [-0.1, -0.05) is 71.1 Å². The van der Waals surface area contributed by atoms with E-state index in [1.54, 1.807) is 33.9 Å². The number of pyridine rings is 1. The Morgan fingerprint density at radius 3 is 1.67 bits per heavy atom. The van der Waals surface area contributed by atoms with Gasteiger partial charge in [0.05, 0.1) is 54.6 Å². The number of carbonyl (C=O) groups is 2. The van der Waals surface area contributed by atoms with Crippen molar-refractivity contribution in [2.45, 2.75) is 13.1 Å². The molecule has 0 unspecified atom stereocenters. The maximum atomic E-state index is 12.2. The number of nitrogens with one attached hydrogen (secondary N) is 4. The fourth-order valence-electron chi connectivity index (χ4n) is 6.85. The normalized spacial score (nSPS) is 12.9. The summed E-state index contributed by atoms with van der Waals surface area (Å²) >= 11 is 0. The highest BCUT2D eigenvalue weighted by molar-refractivity contribution is 5.94. The first-order chi connectivity index (χ1) is 30.0. The summed E-state index contributed by atoms with van der Waals surface area (Å²) in [4.78, 5) is 30.3. The van der Waals surface area contributed by atoms with Crippen molar-refractivity contribution < 1.29 is 14.3 Å². The Bertz CT molecular complexity index is 2880. The van der Waals surface area contributed by atoms with Crippen LogP contribution >= 0.6 is 0 Å². The van der Waals surface area contributed by atoms with E-state index in [1.807, 2.05) is 109 Å². The van der Waals surface area contributed by atoms with Gasteiger partial charge < -0.3 is 15.4 Å². The Kier molecular flexibility index (Phi) is 11.4. The monoisotopic (exact) mass is 812 g/mol. The van der Waals surface area contributed by atoms with Crippen LogP contribution in [0.5, 0.6) is 0 Å². The van der Waals surface area contributed by atoms with Crippen molar-refractivity contribution in [1.82, 2.24) is 70.9 Å². The van der Waals surface area contributed by atoms with E-state index < -0.39 is 0 Å². The lowest BCUT2D eigenvalue weighted by atomic mass is 10.2. The number of fused-ring (bicyclic) bond motifs is 2. The quantitative estimate of drug-likeness (QED) is 0.139. The molecule has 9 aromatic rings. The van der Waals surface area contributed by atoms with E-state index in [9.17, 15) is 9.59 Å². The van der Waals surface area contributed by atoms with Crippen LogP contribution in [0.15, 0.2) is 134 Å². The minimum atomic E-state index is -0.131. The van der Waals surface area contributed by atoms with Gasteiger partial charge in [0.25, 0.3) is 5.91 Å². The van der Waals surface area contributed by atoms with Gasteiger partial charge in [-0.3, -0.25) is 29.7 Å². The minimum Gasteiger partial charge on any atom is -0.379 e. The summed E-state index contributed by atoms with van der Waals surface area (Å²) in [5.74, 6) is -0.105. The molecule has 304 valence electrons. The highest BCUT2D eigenvalue weighted by atomic mass is 16.5. The molecule has 1 aliphatic heterocycles. The van der Waals surface area contributed by atoms with E-state index in [4.69, 9.17) is 4.74 Å². The van der Waals surface area contributed by atoms with Gasteiger partial charge in [-0.05, 0) is 59.7 Å². The number of amides is 2. The summed E-state index contributed by atoms with van der Waals surface area (Å²) in [7, 11) is 0. The summed E-state index contributed by atoms with van der Waals surface area (Å²) < 4.78 is 8.74. The lowest BCUT2D eigenvalue weighted by molar-refractivity contribution is -0.123. The lowest BCUT2D eigenvalue weighted by Crippen LogP contribution is -2.43. The molecular weight excluding hydrogens is 773 g/mol. The summed E-state index contributed by atoms with van der Waals surface area (Å²) in [6.45, 7) is 4.32. The lowest BCUT2D eigenvalue weighted by Gasteiger charge is -2.25. The van der Waals surface area contributed by atoms with E-state index in [2.05, 4.69) is 61.5 Å². The smallest absolute Gasteiger partial charge is 0.251 e. The minimum absolute atomic E-state index is 0.0260. The van der Waals surface area contributed by atoms with Crippen LogP contribution in [0.25, 0.3) is 56.0 Å². The van der Waals surface area contributed by atoms with Gasteiger partial charge in [-0.15, -0.1) is 10.2 Å². The Morgan fingerprint density at radius 2 is 1.13 bits per heavy atom. The molecule has 0 aliphatic carbocycles. The summed E-state index contributed by atoms with van der Waals surface area (Å²) in [6.07, 6.45) is 6.91. The average molecular weight is 813 g/mol. The zero-order chi connectivity index (χ0) is 41.4. The topological polar surface area (TPSA) is 202 Å². The molecule has 17 heteroatoms. The van der Waals surface area contributed by atoms with Crippen molar-refractivity contribution in [2.24, 2.45) is 0 Å². The zero-order valence-corrected chi connectivity index (χ0v) is 32.8. The van der Waals surface area contributed by atoms with E-state index in [0.29, 0.717) is 49.8 Å². The molecule has 6 heterocycles. The van der Waals surface area contributed by atoms with E-state index in [0.717, 1.165) is 68.8 Å². The molecule has 0 radical (unpaired) electrons. The second-order valence-electron chi connectivity index (χ2n) is 14.2. The van der Waals surface area contributed by atoms with Crippen LogP contribution in [-0.2, 0) is 22.6 Å². The molecule has 61 heavy (non-hydrogen) atoms. The van der Waals surface area contributed by atoms with Crippen LogP contribution in [0.2, 0.25) is 0 Å². The number of ether oxygens (including phenoxy) is 1. The summed E-state index contributed by atoms with van der Waals surface area (Å²) in [6, 6.07) is 34.9. The van der Waals surface area contributed by atoms with Crippen LogP contribution in [-0.4, -0.2) is 105 Å². The molecule has 1 aliphatic rings. The molecule has 17 nitrogen and oxygen atoms in total. The molecule has 4 aromatic carbocycles. The molecule has 1 fully saturated rings. The van der Waals surface area contributed by atoms with Crippen LogP contribution < -0.4 is 10.6 Å². The Hall–Kier alpha value is -7.89. The molecule has 2 amide bonds. The molecule has 0 spiro atoms. The van der Waals surface area contributed by atoms with Crippen molar-refractivity contribution in [3.05, 3.63) is 151 Å². The highest BCUT2D eigenvalue weighted by Gasteiger charge is 2.16. The number of carbonyl (C=O) groups excluding carboxylic acids is 2. The Morgan fingerprint density at radius 1 is 0.623 bits per heavy atom. The molecule has 0 saturated carbocycles. The van der Waals surface area contributed by atoms with E-state index in [-0.39, 0.29) is 11.8 Å². The van der Waals surface area contributed by atoms with E-state index >= 15 is 0 Å². The number of morpholine rings is 1. The van der Waals surface area contributed by atoms with Crippen molar-refractivity contribution in [2.75, 3.05) is 32.8 Å². The third-order valence-electron chi connectivity index (χ3n) is 10.2. The van der Waals surface area contributed by atoms with Gasteiger partial charge in [-0.2, -0.15) is 10.2 Å². The van der Waals surface area contributed by atoms with Gasteiger partial charge in [0.15, 0.2) is 0 Å². The molecule has 5 aromatic heterocycles. The Labute approximate surface area is 348 Å². The van der Waals surface area contributed by atoms with Gasteiger partial charge in [0.2, 0.25) is 5.91 Å². The van der Waals surface area contributed by atoms with Gasteiger partial charge in [0, 0.05) is 54.9 Å². The zero-order valence-electron chi connectivity index (χ0n) is 32.8. The summed E-state index contributed by atoms with van der Waals surface area (Å²) in [5.41, 5.74) is 9.24. The third kappa shape index (κ3) is 9.07. The number of nitrogens with zero attached hydrogens (tertiary/aromatic N) is 10. The maximum Gasteiger partial charge on any atom is 0.251 e. The van der Waals surface area contributed by atoms with Crippen LogP contribution in [0.3, 0.4) is 0 Å². The number of para-hydroxylation sites is 2. The van der Waals surface area contributed by atoms with Gasteiger partial charge in [-0.25, -0.2) is 9.36 Å². The first-order valence-corrected chi connectivity index (χ1v) is 19.7. The first-order valence-electron chi connectivity index (χ1n) is 19.7. The number of aromatic nitrogens is 11. The van der Waals surface area contributed by atoms with Crippen molar-refractivity contribution in [3.63, 3.8) is 0 Å². The predicted octanol–water partition coefficient (Wildman–Crippen LogP) is 4.89. The molecule has 10 rings (SSSR count). The average Bonchev–Trinajstić information content (AvgIpc) is 4.16. The molecular formula is C44H40N14O3. The second kappa shape index (κ2) is 17.9. The van der Waals surface area contributed by atoms with Gasteiger partial charge >= 0.3 is 0 Å². The number of H-pyrrole nitrogens is 2. The van der Waals surface area contributed by atoms with Crippen molar-refractivity contribution >= 4 is 33.6 Å². The van der Waals surface area contributed by atoms with Gasteiger partial charge in [0.1, 0.15) is 22.8 Å². The summed E-state index contributed by atoms with van der Waals surface area (Å²) in [5, 5.41) is 39.7.